The number of rotatable bonds is 6. The van der Waals surface area contributed by atoms with Crippen LogP contribution in [0.15, 0.2) is 84.3 Å². The van der Waals surface area contributed by atoms with Crippen molar-refractivity contribution in [1.29, 1.82) is 0 Å². The number of hydrogen-bond donors (Lipinski definition) is 1. The summed E-state index contributed by atoms with van der Waals surface area (Å²) < 4.78 is 18.4. The molecule has 2 aliphatic rings. The summed E-state index contributed by atoms with van der Waals surface area (Å²) in [6, 6.07) is 22.1. The van der Waals surface area contributed by atoms with E-state index in [0.29, 0.717) is 36.0 Å². The van der Waals surface area contributed by atoms with E-state index in [9.17, 15) is 4.79 Å². The van der Waals surface area contributed by atoms with Crippen LogP contribution in [0.4, 0.5) is 5.95 Å². The van der Waals surface area contributed by atoms with Gasteiger partial charge >= 0.3 is 0 Å². The highest BCUT2D eigenvalue weighted by molar-refractivity contribution is 6.00. The maximum absolute atomic E-state index is 13.8. The fourth-order valence-electron chi connectivity index (χ4n) is 5.52. The number of allylic oxidation sites excluding steroid dienone is 2. The molecule has 1 N–H and O–H groups in total. The average Bonchev–Trinajstić information content (AvgIpc) is 3.44. The average molecular weight is 509 g/mol. The largest absolute Gasteiger partial charge is 0.493 e. The lowest BCUT2D eigenvalue weighted by Gasteiger charge is -2.35. The normalized spacial score (nSPS) is 18.3. The standard InChI is InChI=1S/C30H28N4O4/c1-36-25-15-22(16-26(37-2)29(25)38-3)21-13-23-27(24(35)14-21)28(34-30(33-23)31-17-32-34)20-11-9-19(10-12-20)18-7-5-4-6-8-18/h4-12,15-17,21,28H,13-14H2,1-3H3,(H,31,32,33)/t21-,28+/m0/s1. The Morgan fingerprint density at radius 1 is 0.842 bits per heavy atom. The fourth-order valence-corrected chi connectivity index (χ4v) is 5.52. The van der Waals surface area contributed by atoms with Gasteiger partial charge in [-0.2, -0.15) is 10.1 Å². The van der Waals surface area contributed by atoms with Crippen molar-refractivity contribution in [3.63, 3.8) is 0 Å². The van der Waals surface area contributed by atoms with Crippen LogP contribution in [-0.4, -0.2) is 41.9 Å². The first-order valence-electron chi connectivity index (χ1n) is 12.5. The first kappa shape index (κ1) is 23.8. The first-order valence-corrected chi connectivity index (χ1v) is 12.5. The number of hydrogen-bond acceptors (Lipinski definition) is 7. The molecule has 0 fully saturated rings. The van der Waals surface area contributed by atoms with Crippen molar-refractivity contribution in [2.45, 2.75) is 24.8 Å². The second-order valence-corrected chi connectivity index (χ2v) is 9.42. The third-order valence-electron chi connectivity index (χ3n) is 7.35. The number of carbonyl (C=O) groups excluding carboxylic acids is 1. The molecule has 2 atom stereocenters. The number of anilines is 1. The van der Waals surface area contributed by atoms with E-state index in [4.69, 9.17) is 14.2 Å². The van der Waals surface area contributed by atoms with Crippen molar-refractivity contribution in [2.75, 3.05) is 26.6 Å². The van der Waals surface area contributed by atoms with Crippen LogP contribution in [-0.2, 0) is 4.79 Å². The van der Waals surface area contributed by atoms with Crippen LogP contribution in [0.3, 0.4) is 0 Å². The summed E-state index contributed by atoms with van der Waals surface area (Å²) in [5, 5.41) is 7.86. The SMILES string of the molecule is COc1cc([C@@H]2CC(=O)C3=C(C2)Nc2ncnn2[C@@H]3c2ccc(-c3ccccc3)cc2)cc(OC)c1OC. The monoisotopic (exact) mass is 508 g/mol. The fraction of sp³-hybridized carbons (Fsp3) is 0.233. The predicted molar refractivity (Wildman–Crippen MR) is 144 cm³/mol. The van der Waals surface area contributed by atoms with Crippen LogP contribution in [0.25, 0.3) is 11.1 Å². The molecule has 8 heteroatoms. The van der Waals surface area contributed by atoms with Crippen molar-refractivity contribution in [3.05, 3.63) is 95.5 Å². The maximum Gasteiger partial charge on any atom is 0.226 e. The van der Waals surface area contributed by atoms with E-state index in [1.54, 1.807) is 26.0 Å². The number of nitrogens with zero attached hydrogens (tertiary/aromatic N) is 3. The highest BCUT2D eigenvalue weighted by atomic mass is 16.5. The van der Waals surface area contributed by atoms with Gasteiger partial charge in [-0.15, -0.1) is 0 Å². The van der Waals surface area contributed by atoms with E-state index in [1.807, 2.05) is 30.3 Å². The summed E-state index contributed by atoms with van der Waals surface area (Å²) >= 11 is 0. The van der Waals surface area contributed by atoms with Crippen molar-refractivity contribution in [1.82, 2.24) is 14.8 Å². The number of nitrogens with one attached hydrogen (secondary N) is 1. The Kier molecular flexibility index (Phi) is 6.07. The molecule has 1 aliphatic carbocycles. The lowest BCUT2D eigenvalue weighted by atomic mass is 9.77. The van der Waals surface area contributed by atoms with Gasteiger partial charge < -0.3 is 19.5 Å². The van der Waals surface area contributed by atoms with E-state index < -0.39 is 0 Å². The summed E-state index contributed by atoms with van der Waals surface area (Å²) in [5.41, 5.74) is 5.82. The minimum absolute atomic E-state index is 0.0574. The molecule has 0 amide bonds. The predicted octanol–water partition coefficient (Wildman–Crippen LogP) is 5.39. The lowest BCUT2D eigenvalue weighted by Crippen LogP contribution is -2.33. The minimum atomic E-state index is -0.345. The number of benzene rings is 3. The summed E-state index contributed by atoms with van der Waals surface area (Å²) in [7, 11) is 4.77. The smallest absolute Gasteiger partial charge is 0.226 e. The van der Waals surface area contributed by atoms with Gasteiger partial charge in [0.1, 0.15) is 12.4 Å². The van der Waals surface area contributed by atoms with Gasteiger partial charge in [0.05, 0.1) is 21.3 Å². The van der Waals surface area contributed by atoms with Crippen LogP contribution in [0, 0.1) is 0 Å². The summed E-state index contributed by atoms with van der Waals surface area (Å²) in [6.07, 6.45) is 2.53. The number of ether oxygens (including phenoxy) is 3. The molecule has 2 heterocycles. The third-order valence-corrected chi connectivity index (χ3v) is 7.35. The molecule has 0 spiro atoms. The van der Waals surface area contributed by atoms with Gasteiger partial charge in [-0.05, 0) is 46.7 Å². The molecule has 38 heavy (non-hydrogen) atoms. The summed E-state index contributed by atoms with van der Waals surface area (Å²) in [6.45, 7) is 0. The van der Waals surface area contributed by atoms with Crippen molar-refractivity contribution in [2.24, 2.45) is 0 Å². The van der Waals surface area contributed by atoms with Gasteiger partial charge in [0.2, 0.25) is 11.7 Å². The molecule has 192 valence electrons. The van der Waals surface area contributed by atoms with Crippen molar-refractivity contribution < 1.29 is 19.0 Å². The molecule has 0 unspecified atom stereocenters. The molecule has 1 aliphatic heterocycles. The zero-order valence-corrected chi connectivity index (χ0v) is 21.5. The molecule has 4 aromatic rings. The van der Waals surface area contributed by atoms with Gasteiger partial charge in [0.15, 0.2) is 17.3 Å². The van der Waals surface area contributed by atoms with Crippen molar-refractivity contribution in [3.8, 4) is 28.4 Å². The van der Waals surface area contributed by atoms with E-state index in [1.165, 1.54) is 6.33 Å². The molecular formula is C30H28N4O4. The van der Waals surface area contributed by atoms with Crippen LogP contribution in [0.5, 0.6) is 17.2 Å². The molecule has 0 bridgehead atoms. The summed E-state index contributed by atoms with van der Waals surface area (Å²) in [4.78, 5) is 18.2. The van der Waals surface area contributed by atoms with Crippen LogP contribution in [0.2, 0.25) is 0 Å². The van der Waals surface area contributed by atoms with Gasteiger partial charge in [0.25, 0.3) is 0 Å². The molecule has 6 rings (SSSR count). The summed E-state index contributed by atoms with van der Waals surface area (Å²) in [5.74, 6) is 2.32. The lowest BCUT2D eigenvalue weighted by molar-refractivity contribution is -0.116. The van der Waals surface area contributed by atoms with Crippen LogP contribution >= 0.6 is 0 Å². The molecule has 0 saturated carbocycles. The van der Waals surface area contributed by atoms with Gasteiger partial charge in [-0.25, -0.2) is 4.68 Å². The second kappa shape index (κ2) is 9.70. The van der Waals surface area contributed by atoms with Crippen LogP contribution < -0.4 is 19.5 Å². The maximum atomic E-state index is 13.8. The minimum Gasteiger partial charge on any atom is -0.493 e. The Labute approximate surface area is 220 Å². The number of aromatic nitrogens is 3. The first-order chi connectivity index (χ1) is 18.6. The molecule has 3 aromatic carbocycles. The Morgan fingerprint density at radius 2 is 1.53 bits per heavy atom. The van der Waals surface area contributed by atoms with E-state index in [0.717, 1.165) is 33.5 Å². The Morgan fingerprint density at radius 3 is 2.18 bits per heavy atom. The van der Waals surface area contributed by atoms with Gasteiger partial charge in [-0.3, -0.25) is 4.79 Å². The Balaban J connectivity index is 1.38. The molecule has 0 saturated heterocycles. The molecule has 1 aromatic heterocycles. The Hall–Kier alpha value is -4.59. The Bertz CT molecular complexity index is 1500. The van der Waals surface area contributed by atoms with Crippen molar-refractivity contribution >= 4 is 11.7 Å². The molecular weight excluding hydrogens is 480 g/mol. The number of ketones is 1. The topological polar surface area (TPSA) is 87.5 Å². The van der Waals surface area contributed by atoms with E-state index in [-0.39, 0.29) is 17.7 Å². The zero-order valence-electron chi connectivity index (χ0n) is 21.5. The second-order valence-electron chi connectivity index (χ2n) is 9.42. The van der Waals surface area contributed by atoms with E-state index >= 15 is 0 Å². The van der Waals surface area contributed by atoms with Gasteiger partial charge in [-0.1, -0.05) is 54.6 Å². The van der Waals surface area contributed by atoms with Gasteiger partial charge in [0, 0.05) is 17.7 Å². The zero-order chi connectivity index (χ0) is 26.2. The van der Waals surface area contributed by atoms with Crippen LogP contribution in [0.1, 0.15) is 35.9 Å². The molecule has 8 nitrogen and oxygen atoms in total. The quantitative estimate of drug-likeness (QED) is 0.374. The highest BCUT2D eigenvalue weighted by Gasteiger charge is 2.39. The number of carbonyl (C=O) groups is 1. The number of methoxy groups -OCH3 is 3. The van der Waals surface area contributed by atoms with E-state index in [2.05, 4.69) is 51.8 Å². The molecule has 0 radical (unpaired) electrons. The highest BCUT2D eigenvalue weighted by Crippen LogP contribution is 2.47. The third kappa shape index (κ3) is 3.98. The number of Topliss-reactive ketones (excluding diaryl/α,β-unsaturated/α-hetero) is 1. The number of fused-ring (bicyclic) bond motifs is 1.